The third-order valence-electron chi connectivity index (χ3n) is 16.7. The number of ether oxygens (including phenoxy) is 1. The van der Waals surface area contributed by atoms with Gasteiger partial charge in [-0.25, -0.2) is 0 Å². The molecule has 8 heteroatoms. The van der Waals surface area contributed by atoms with E-state index in [1.807, 2.05) is 31.3 Å². The summed E-state index contributed by atoms with van der Waals surface area (Å²) in [5.74, 6) is 0.594. The maximum Gasteiger partial charge on any atom is 0.309 e. The number of hydrogen-bond donors (Lipinski definition) is 3. The zero-order valence-corrected chi connectivity index (χ0v) is 36.2. The molecular weight excluding hydrogens is 708 g/mol. The normalized spacial score (nSPS) is 35.6. The van der Waals surface area contributed by atoms with Crippen LogP contribution in [0.4, 0.5) is 0 Å². The number of carboxylic acid groups (broad SMARTS) is 1. The van der Waals surface area contributed by atoms with Crippen molar-refractivity contribution in [3.05, 3.63) is 57.8 Å². The van der Waals surface area contributed by atoms with Crippen molar-refractivity contribution in [2.24, 2.45) is 56.2 Å². The van der Waals surface area contributed by atoms with Crippen molar-refractivity contribution < 1.29 is 24.2 Å². The molecule has 55 heavy (non-hydrogen) atoms. The van der Waals surface area contributed by atoms with Crippen LogP contribution in [-0.4, -0.2) is 36.1 Å². The molecule has 0 aromatic heterocycles. The van der Waals surface area contributed by atoms with Gasteiger partial charge in [-0.3, -0.25) is 14.4 Å². The summed E-state index contributed by atoms with van der Waals surface area (Å²) in [6.45, 7) is 20.9. The van der Waals surface area contributed by atoms with Crippen LogP contribution < -0.4 is 10.6 Å². The van der Waals surface area contributed by atoms with E-state index in [4.69, 9.17) is 16.3 Å². The number of fused-ring (bicyclic) bond motifs is 7. The molecule has 5 aliphatic rings. The molecule has 0 aliphatic heterocycles. The highest BCUT2D eigenvalue weighted by molar-refractivity contribution is 6.30. The van der Waals surface area contributed by atoms with Crippen LogP contribution in [0.1, 0.15) is 145 Å². The van der Waals surface area contributed by atoms with Crippen molar-refractivity contribution in [2.75, 3.05) is 7.05 Å². The zero-order chi connectivity index (χ0) is 40.4. The van der Waals surface area contributed by atoms with Crippen LogP contribution in [0.15, 0.2) is 47.2 Å². The molecule has 3 N–H and O–H groups in total. The standard InChI is InChI=1S/C47H69ClN2O5/c1-29(2)33-17-22-47(26-32(49-10)25-38(51)50-28-30-11-13-31(48)14-12-30)24-23-45(8)34(40(33)47)15-16-36-44(7)20-19-37(55-39(52)27-42(3,4)41(53)54)43(5,6)35(44)18-21-46(36,45)9/h11-14,25,29,34-37,49H,15-24,26-28H2,1-10H3,(H,50,51)(H,53,54)/b32-25-/t34-,35+,36-,37+,44+,45-,46-,47-/m1/s1. The second-order valence-corrected chi connectivity index (χ2v) is 21.1. The van der Waals surface area contributed by atoms with Crippen molar-refractivity contribution in [1.82, 2.24) is 10.6 Å². The lowest BCUT2D eigenvalue weighted by molar-refractivity contribution is -0.233. The highest BCUT2D eigenvalue weighted by atomic mass is 35.5. The molecule has 8 atom stereocenters. The van der Waals surface area contributed by atoms with E-state index >= 15 is 0 Å². The molecule has 304 valence electrons. The maximum absolute atomic E-state index is 13.3. The van der Waals surface area contributed by atoms with Gasteiger partial charge in [0.05, 0.1) is 11.8 Å². The molecule has 4 saturated carbocycles. The predicted octanol–water partition coefficient (Wildman–Crippen LogP) is 10.7. The molecule has 0 spiro atoms. The van der Waals surface area contributed by atoms with Gasteiger partial charge < -0.3 is 20.5 Å². The average molecular weight is 778 g/mol. The van der Waals surface area contributed by atoms with E-state index in [1.54, 1.807) is 31.1 Å². The molecule has 0 radical (unpaired) electrons. The van der Waals surface area contributed by atoms with Gasteiger partial charge in [-0.1, -0.05) is 83.3 Å². The number of amides is 1. The summed E-state index contributed by atoms with van der Waals surface area (Å²) in [4.78, 5) is 38.2. The fourth-order valence-electron chi connectivity index (χ4n) is 13.5. The number of nitrogens with one attached hydrogen (secondary N) is 2. The van der Waals surface area contributed by atoms with Crippen molar-refractivity contribution in [2.45, 2.75) is 152 Å². The lowest BCUT2D eigenvalue weighted by Gasteiger charge is -2.72. The molecule has 1 aromatic carbocycles. The first kappa shape index (κ1) is 41.8. The van der Waals surface area contributed by atoms with Gasteiger partial charge >= 0.3 is 11.9 Å². The number of rotatable bonds is 11. The molecule has 0 heterocycles. The topological polar surface area (TPSA) is 105 Å². The summed E-state index contributed by atoms with van der Waals surface area (Å²) in [6.07, 6.45) is 13.6. The molecular formula is C47H69ClN2O5. The summed E-state index contributed by atoms with van der Waals surface area (Å²) in [7, 11) is 1.96. The number of carboxylic acids is 1. The van der Waals surface area contributed by atoms with Gasteiger partial charge in [0.25, 0.3) is 0 Å². The summed E-state index contributed by atoms with van der Waals surface area (Å²) in [5, 5.41) is 16.9. The summed E-state index contributed by atoms with van der Waals surface area (Å²) < 4.78 is 6.20. The quantitative estimate of drug-likeness (QED) is 0.117. The fraction of sp³-hybridized carbons (Fsp3) is 0.723. The highest BCUT2D eigenvalue weighted by Crippen LogP contribution is 2.77. The van der Waals surface area contributed by atoms with E-state index in [0.717, 1.165) is 56.2 Å². The van der Waals surface area contributed by atoms with Crippen LogP contribution in [0, 0.1) is 56.2 Å². The lowest BCUT2D eigenvalue weighted by atomic mass is 9.33. The zero-order valence-electron chi connectivity index (χ0n) is 35.4. The van der Waals surface area contributed by atoms with E-state index in [2.05, 4.69) is 59.1 Å². The van der Waals surface area contributed by atoms with Gasteiger partial charge in [-0.2, -0.15) is 0 Å². The number of esters is 1. The number of allylic oxidation sites excluding steroid dienone is 3. The largest absolute Gasteiger partial charge is 0.481 e. The molecule has 6 rings (SSSR count). The lowest BCUT2D eigenvalue weighted by Crippen LogP contribution is -2.65. The van der Waals surface area contributed by atoms with Crippen LogP contribution in [0.25, 0.3) is 0 Å². The molecule has 5 aliphatic carbocycles. The Morgan fingerprint density at radius 1 is 0.927 bits per heavy atom. The van der Waals surface area contributed by atoms with Crippen molar-refractivity contribution in [1.29, 1.82) is 0 Å². The second kappa shape index (κ2) is 14.9. The number of aliphatic carboxylic acids is 1. The van der Waals surface area contributed by atoms with E-state index in [0.29, 0.717) is 35.2 Å². The van der Waals surface area contributed by atoms with Gasteiger partial charge in [0.2, 0.25) is 5.91 Å². The Morgan fingerprint density at radius 3 is 2.25 bits per heavy atom. The summed E-state index contributed by atoms with van der Waals surface area (Å²) in [6, 6.07) is 7.61. The van der Waals surface area contributed by atoms with Gasteiger partial charge in [0, 0.05) is 35.8 Å². The number of carbonyl (C=O) groups is 3. The van der Waals surface area contributed by atoms with Crippen molar-refractivity contribution in [3.63, 3.8) is 0 Å². The monoisotopic (exact) mass is 776 g/mol. The Hall–Kier alpha value is -2.80. The molecule has 4 fully saturated rings. The van der Waals surface area contributed by atoms with Crippen LogP contribution in [0.3, 0.4) is 0 Å². The predicted molar refractivity (Wildman–Crippen MR) is 220 cm³/mol. The number of benzene rings is 1. The minimum Gasteiger partial charge on any atom is -0.481 e. The van der Waals surface area contributed by atoms with Crippen molar-refractivity contribution >= 4 is 29.4 Å². The molecule has 0 unspecified atom stereocenters. The second-order valence-electron chi connectivity index (χ2n) is 20.6. The molecule has 0 saturated heterocycles. The highest BCUT2D eigenvalue weighted by Gasteiger charge is 2.69. The Labute approximate surface area is 336 Å². The minimum atomic E-state index is -1.15. The number of hydrogen-bond acceptors (Lipinski definition) is 5. The number of halogens is 1. The average Bonchev–Trinajstić information content (AvgIpc) is 3.48. The van der Waals surface area contributed by atoms with Gasteiger partial charge in [-0.15, -0.1) is 0 Å². The van der Waals surface area contributed by atoms with E-state index in [-0.39, 0.29) is 45.5 Å². The van der Waals surface area contributed by atoms with E-state index < -0.39 is 17.4 Å². The minimum absolute atomic E-state index is 0.0680. The van der Waals surface area contributed by atoms with E-state index in [1.165, 1.54) is 25.7 Å². The van der Waals surface area contributed by atoms with Crippen molar-refractivity contribution in [3.8, 4) is 0 Å². The number of carbonyl (C=O) groups excluding carboxylic acids is 2. The third-order valence-corrected chi connectivity index (χ3v) is 17.0. The first-order valence-electron chi connectivity index (χ1n) is 21.2. The summed E-state index contributed by atoms with van der Waals surface area (Å²) >= 11 is 6.07. The van der Waals surface area contributed by atoms with Gasteiger partial charge in [-0.05, 0) is 148 Å². The molecule has 1 aromatic rings. The fourth-order valence-corrected chi connectivity index (χ4v) is 13.6. The Bertz CT molecular complexity index is 1730. The SMILES string of the molecule is CN/C(=C\C(=O)NCc1ccc(Cl)cc1)C[C@]12CCC(C(C)C)=C1[C@H]1CC[C@@H]3[C@@]4(C)CC[C@H](OC(=O)CC(C)(C)C(=O)O)C(C)(C)[C@@H]4CC[C@@]3(C)[C@]1(C)CC2. The first-order chi connectivity index (χ1) is 25.6. The van der Waals surface area contributed by atoms with Gasteiger partial charge in [0.1, 0.15) is 6.10 Å². The third kappa shape index (κ3) is 7.20. The Kier molecular flexibility index (Phi) is 11.3. The first-order valence-corrected chi connectivity index (χ1v) is 21.6. The van der Waals surface area contributed by atoms with Crippen LogP contribution in [0.2, 0.25) is 5.02 Å². The molecule has 0 bridgehead atoms. The Balaban J connectivity index is 1.23. The summed E-state index contributed by atoms with van der Waals surface area (Å²) in [5.41, 5.74) is 4.65. The van der Waals surface area contributed by atoms with Gasteiger partial charge in [0.15, 0.2) is 0 Å². The Morgan fingerprint density at radius 2 is 1.62 bits per heavy atom. The molecule has 7 nitrogen and oxygen atoms in total. The van der Waals surface area contributed by atoms with Crippen LogP contribution >= 0.6 is 11.6 Å². The van der Waals surface area contributed by atoms with Crippen LogP contribution in [-0.2, 0) is 25.7 Å². The smallest absolute Gasteiger partial charge is 0.309 e. The van der Waals surface area contributed by atoms with Crippen LogP contribution in [0.5, 0.6) is 0 Å². The maximum atomic E-state index is 13.3. The van der Waals surface area contributed by atoms with E-state index in [9.17, 15) is 19.5 Å². The molecule has 1 amide bonds.